The van der Waals surface area contributed by atoms with Crippen LogP contribution in [-0.2, 0) is 24.6 Å². The van der Waals surface area contributed by atoms with E-state index >= 15 is 0 Å². The largest absolute Gasteiger partial charge is 0.454 e. The van der Waals surface area contributed by atoms with E-state index in [1.165, 1.54) is 6.07 Å². The Balaban J connectivity index is 1.44. The van der Waals surface area contributed by atoms with Gasteiger partial charge in [0.25, 0.3) is 0 Å². The van der Waals surface area contributed by atoms with E-state index in [9.17, 15) is 18.0 Å². The van der Waals surface area contributed by atoms with E-state index in [0.717, 1.165) is 34.2 Å². The first kappa shape index (κ1) is 22.8. The molecular weight excluding hydrogens is 457 g/mol. The Kier molecular flexibility index (Phi) is 5.88. The summed E-state index contributed by atoms with van der Waals surface area (Å²) in [4.78, 5) is 13.0. The van der Waals surface area contributed by atoms with Gasteiger partial charge in [0.2, 0.25) is 12.7 Å². The van der Waals surface area contributed by atoms with E-state index in [-0.39, 0.29) is 25.7 Å². The summed E-state index contributed by atoms with van der Waals surface area (Å²) in [6, 6.07) is 18.3. The number of nitrogens with one attached hydrogen (secondary N) is 1. The molecule has 8 heteroatoms. The van der Waals surface area contributed by atoms with Gasteiger partial charge in [0.05, 0.1) is 5.56 Å². The van der Waals surface area contributed by atoms with Crippen molar-refractivity contribution in [3.8, 4) is 11.5 Å². The van der Waals surface area contributed by atoms with Gasteiger partial charge in [-0.3, -0.25) is 4.79 Å². The van der Waals surface area contributed by atoms with Crippen LogP contribution in [-0.4, -0.2) is 17.3 Å². The number of alkyl halides is 3. The summed E-state index contributed by atoms with van der Waals surface area (Å²) in [7, 11) is 1.88. The topological polar surface area (TPSA) is 52.5 Å². The summed E-state index contributed by atoms with van der Waals surface area (Å²) in [6.45, 7) is 0.426. The number of carbonyl (C=O) groups is 1. The third-order valence-electron chi connectivity index (χ3n) is 6.24. The first-order valence-corrected chi connectivity index (χ1v) is 11.2. The number of benzene rings is 3. The number of para-hydroxylation sites is 1. The summed E-state index contributed by atoms with van der Waals surface area (Å²) in [5.74, 6) is 0.452. The van der Waals surface area contributed by atoms with Crippen LogP contribution in [0.25, 0.3) is 10.9 Å². The number of fused-ring (bicyclic) bond motifs is 2. The van der Waals surface area contributed by atoms with Gasteiger partial charge in [-0.05, 0) is 41.0 Å². The number of hydrogen-bond donors (Lipinski definition) is 1. The Bertz CT molecular complexity index is 1390. The van der Waals surface area contributed by atoms with Gasteiger partial charge in [-0.15, -0.1) is 0 Å². The molecule has 1 atom stereocenters. The summed E-state index contributed by atoms with van der Waals surface area (Å²) < 4.78 is 53.0. The van der Waals surface area contributed by atoms with Crippen molar-refractivity contribution in [2.45, 2.75) is 25.1 Å². The first-order valence-electron chi connectivity index (χ1n) is 11.2. The van der Waals surface area contributed by atoms with Gasteiger partial charge in [-0.2, -0.15) is 13.2 Å². The summed E-state index contributed by atoms with van der Waals surface area (Å²) >= 11 is 0. The standard InChI is InChI=1S/C27H23F3N2O3/c1-32-15-22(20-7-2-3-8-23(20)32)21(18-5-4-6-19(12-18)27(28,29)30)13-26(33)31-14-17-9-10-24-25(11-17)35-16-34-24/h2-12,15,21H,13-14,16H2,1H3,(H,31,33). The molecule has 0 bridgehead atoms. The Morgan fingerprint density at radius 2 is 1.83 bits per heavy atom. The number of amides is 1. The molecule has 35 heavy (non-hydrogen) atoms. The highest BCUT2D eigenvalue weighted by Crippen LogP contribution is 2.37. The summed E-state index contributed by atoms with van der Waals surface area (Å²) in [5, 5.41) is 3.80. The molecule has 1 aliphatic heterocycles. The number of ether oxygens (including phenoxy) is 2. The lowest BCUT2D eigenvalue weighted by atomic mass is 9.87. The molecule has 5 nitrogen and oxygen atoms in total. The second-order valence-corrected chi connectivity index (χ2v) is 8.56. The quantitative estimate of drug-likeness (QED) is 0.382. The van der Waals surface area contributed by atoms with E-state index in [1.807, 2.05) is 48.1 Å². The van der Waals surface area contributed by atoms with E-state index in [2.05, 4.69) is 5.32 Å². The highest BCUT2D eigenvalue weighted by molar-refractivity contribution is 5.86. The minimum Gasteiger partial charge on any atom is -0.454 e. The maximum absolute atomic E-state index is 13.5. The Labute approximate surface area is 200 Å². The van der Waals surface area contributed by atoms with E-state index in [1.54, 1.807) is 18.2 Å². The fraction of sp³-hybridized carbons (Fsp3) is 0.222. The zero-order valence-corrected chi connectivity index (χ0v) is 18.9. The van der Waals surface area contributed by atoms with Gasteiger partial charge in [-0.1, -0.05) is 42.5 Å². The minimum atomic E-state index is -4.47. The van der Waals surface area contributed by atoms with Gasteiger partial charge in [0.1, 0.15) is 0 Å². The first-order chi connectivity index (χ1) is 16.8. The van der Waals surface area contributed by atoms with Crippen molar-refractivity contribution in [2.75, 3.05) is 6.79 Å². The van der Waals surface area contributed by atoms with Crippen molar-refractivity contribution in [1.29, 1.82) is 0 Å². The predicted molar refractivity (Wildman–Crippen MR) is 125 cm³/mol. The molecule has 0 saturated heterocycles. The number of hydrogen-bond acceptors (Lipinski definition) is 3. The number of rotatable bonds is 6. The fourth-order valence-electron chi connectivity index (χ4n) is 4.50. The summed E-state index contributed by atoms with van der Waals surface area (Å²) in [6.07, 6.45) is -2.58. The van der Waals surface area contributed by atoms with E-state index in [4.69, 9.17) is 9.47 Å². The average Bonchev–Trinajstić information content (AvgIpc) is 3.45. The Morgan fingerprint density at radius 3 is 2.66 bits per heavy atom. The molecule has 4 aromatic rings. The lowest BCUT2D eigenvalue weighted by Crippen LogP contribution is -2.25. The van der Waals surface area contributed by atoms with Crippen LogP contribution in [0, 0.1) is 0 Å². The van der Waals surface area contributed by atoms with Crippen LogP contribution in [0.2, 0.25) is 0 Å². The third-order valence-corrected chi connectivity index (χ3v) is 6.24. The second-order valence-electron chi connectivity index (χ2n) is 8.56. The molecule has 0 radical (unpaired) electrons. The van der Waals surface area contributed by atoms with Crippen molar-refractivity contribution in [1.82, 2.24) is 9.88 Å². The van der Waals surface area contributed by atoms with Crippen molar-refractivity contribution in [3.05, 3.63) is 95.2 Å². The highest BCUT2D eigenvalue weighted by Gasteiger charge is 2.32. The van der Waals surface area contributed by atoms with Crippen LogP contribution in [0.5, 0.6) is 11.5 Å². The van der Waals surface area contributed by atoms with Gasteiger partial charge in [0.15, 0.2) is 11.5 Å². The van der Waals surface area contributed by atoms with Crippen LogP contribution < -0.4 is 14.8 Å². The van der Waals surface area contributed by atoms with Crippen molar-refractivity contribution >= 4 is 16.8 Å². The molecule has 1 aliphatic rings. The van der Waals surface area contributed by atoms with Crippen LogP contribution in [0.1, 0.15) is 34.6 Å². The average molecular weight is 480 g/mol. The molecule has 1 unspecified atom stereocenters. The molecule has 0 spiro atoms. The van der Waals surface area contributed by atoms with Crippen LogP contribution in [0.3, 0.4) is 0 Å². The molecular formula is C27H23F3N2O3. The predicted octanol–water partition coefficient (Wildman–Crippen LogP) is 5.76. The van der Waals surface area contributed by atoms with Crippen LogP contribution in [0.4, 0.5) is 13.2 Å². The molecule has 1 aromatic heterocycles. The number of carbonyl (C=O) groups excluding carboxylic acids is 1. The number of aromatic nitrogens is 1. The zero-order chi connectivity index (χ0) is 24.6. The summed E-state index contributed by atoms with van der Waals surface area (Å²) in [5.41, 5.74) is 2.29. The molecule has 2 heterocycles. The molecule has 0 fully saturated rings. The number of nitrogens with zero attached hydrogens (tertiary/aromatic N) is 1. The van der Waals surface area contributed by atoms with Crippen molar-refractivity contribution < 1.29 is 27.4 Å². The SMILES string of the molecule is Cn1cc(C(CC(=O)NCc2ccc3c(c2)OCO3)c2cccc(C(F)(F)F)c2)c2ccccc21. The zero-order valence-electron chi connectivity index (χ0n) is 18.9. The molecule has 180 valence electrons. The van der Waals surface area contributed by atoms with Gasteiger partial charge in [-0.25, -0.2) is 0 Å². The lowest BCUT2D eigenvalue weighted by Gasteiger charge is -2.19. The van der Waals surface area contributed by atoms with Gasteiger partial charge in [0, 0.05) is 43.0 Å². The maximum atomic E-state index is 13.5. The van der Waals surface area contributed by atoms with Crippen LogP contribution >= 0.6 is 0 Å². The minimum absolute atomic E-state index is 0.000129. The third kappa shape index (κ3) is 4.69. The van der Waals surface area contributed by atoms with Crippen LogP contribution in [0.15, 0.2) is 72.9 Å². The highest BCUT2D eigenvalue weighted by atomic mass is 19.4. The molecule has 0 aliphatic carbocycles. The van der Waals surface area contributed by atoms with E-state index < -0.39 is 17.7 Å². The van der Waals surface area contributed by atoms with Crippen molar-refractivity contribution in [3.63, 3.8) is 0 Å². The lowest BCUT2D eigenvalue weighted by molar-refractivity contribution is -0.137. The fourth-order valence-corrected chi connectivity index (χ4v) is 4.50. The molecule has 1 N–H and O–H groups in total. The molecule has 1 amide bonds. The number of aryl methyl sites for hydroxylation is 1. The molecule has 0 saturated carbocycles. The van der Waals surface area contributed by atoms with E-state index in [0.29, 0.717) is 17.1 Å². The smallest absolute Gasteiger partial charge is 0.416 e. The second kappa shape index (κ2) is 9.02. The Hall–Kier alpha value is -3.94. The molecule has 3 aromatic carbocycles. The maximum Gasteiger partial charge on any atom is 0.416 e. The molecule has 5 rings (SSSR count). The van der Waals surface area contributed by atoms with Gasteiger partial charge >= 0.3 is 6.18 Å². The monoisotopic (exact) mass is 480 g/mol. The van der Waals surface area contributed by atoms with Gasteiger partial charge < -0.3 is 19.4 Å². The number of halogens is 3. The van der Waals surface area contributed by atoms with Crippen molar-refractivity contribution in [2.24, 2.45) is 7.05 Å². The normalized spacial score (nSPS) is 13.7. The Morgan fingerprint density at radius 1 is 1.03 bits per heavy atom.